The van der Waals surface area contributed by atoms with Crippen molar-refractivity contribution in [2.75, 3.05) is 13.2 Å². The van der Waals surface area contributed by atoms with E-state index < -0.39 is 160 Å². The first-order valence-electron chi connectivity index (χ1n) is 26.8. The van der Waals surface area contributed by atoms with E-state index in [0.717, 1.165) is 32.0 Å². The van der Waals surface area contributed by atoms with Crippen molar-refractivity contribution in [2.24, 2.45) is 16.7 Å². The molecule has 83 heavy (non-hydrogen) atoms. The summed E-state index contributed by atoms with van der Waals surface area (Å²) in [7, 11) is 0. The van der Waals surface area contributed by atoms with Crippen molar-refractivity contribution in [2.45, 2.75) is 121 Å². The maximum absolute atomic E-state index is 16.3. The van der Waals surface area contributed by atoms with Gasteiger partial charge in [0.05, 0.1) is 29.5 Å². The number of fused-ring (bicyclic) bond motifs is 6. The number of carbonyl (C=O) groups is 8. The summed E-state index contributed by atoms with van der Waals surface area (Å²) in [5.74, 6) is -11.3. The van der Waals surface area contributed by atoms with Crippen LogP contribution in [0.4, 0.5) is 4.39 Å². The Morgan fingerprint density at radius 3 is 2.06 bits per heavy atom. The Balaban J connectivity index is 1.10. The minimum atomic E-state index is -2.57. The first-order valence-corrected chi connectivity index (χ1v) is 26.8. The quantitative estimate of drug-likeness (QED) is 0.0270. The average Bonchev–Trinajstić information content (AvgIpc) is 0.734. The Labute approximate surface area is 474 Å². The van der Waals surface area contributed by atoms with Crippen molar-refractivity contribution >= 4 is 58.4 Å². The van der Waals surface area contributed by atoms with Gasteiger partial charge in [0.25, 0.3) is 11.8 Å². The lowest BCUT2D eigenvalue weighted by molar-refractivity contribution is -0.346. The van der Waals surface area contributed by atoms with E-state index in [9.17, 15) is 58.1 Å². The van der Waals surface area contributed by atoms with Crippen molar-refractivity contribution in [1.82, 2.24) is 10.6 Å². The van der Waals surface area contributed by atoms with E-state index in [4.69, 9.17) is 32.8 Å². The van der Waals surface area contributed by atoms with Crippen LogP contribution in [0.5, 0.6) is 5.75 Å². The first-order chi connectivity index (χ1) is 39.3. The average molecular weight is 1150 g/mol. The third kappa shape index (κ3) is 10.9. The fraction of sp³-hybridized carbons (Fsp3) is 0.393. The number of carbonyl (C=O) groups excluding carboxylic acids is 8. The molecule has 2 bridgehead atoms. The highest BCUT2D eigenvalue weighted by molar-refractivity contribution is 5.98. The van der Waals surface area contributed by atoms with Crippen LogP contribution in [0.2, 0.25) is 0 Å². The van der Waals surface area contributed by atoms with E-state index in [1.807, 2.05) is 0 Å². The maximum atomic E-state index is 16.3. The summed E-state index contributed by atoms with van der Waals surface area (Å²) < 4.78 is 56.5. The molecule has 5 N–H and O–H groups in total. The number of halogens is 1. The zero-order chi connectivity index (χ0) is 59.9. The van der Waals surface area contributed by atoms with Crippen molar-refractivity contribution in [3.8, 4) is 5.75 Å². The molecule has 1 saturated heterocycles. The molecule has 4 aromatic carbocycles. The van der Waals surface area contributed by atoms with Gasteiger partial charge in [-0.15, -0.1) is 0 Å². The van der Waals surface area contributed by atoms with Gasteiger partial charge < -0.3 is 58.8 Å². The van der Waals surface area contributed by atoms with Crippen LogP contribution in [0, 0.1) is 22.6 Å². The smallest absolute Gasteiger partial charge is 0.349 e. The number of amides is 2. The summed E-state index contributed by atoms with van der Waals surface area (Å²) in [5, 5.41) is 41.0. The topological polar surface area (TPSA) is 307 Å². The Bertz CT molecular complexity index is 3500. The molecule has 1 aliphatic heterocycles. The monoisotopic (exact) mass is 1140 g/mol. The standard InChI is InChI=1S/C61H61FN2O19/c1-31-42(80-57(75)48(69)47(34-17-10-7-11-18-34)64-53(71)35-19-12-8-13-20-35)29-61(76)52(82-55(73)36-21-14-9-15-22-36)50-59(6,51(70)49(78-32(2)65)46(31)58(61,4)5)43(28-44-60(50,30-77-44)83-33(3)66)81-45(68)23-16-24-63-54(72)38-25-37-26-39(62)40(67)27-41(37)79-56(38)74/h7-15,17-22,25-27,42-44,47-50,52,67,69,76H,16,23-24,28-30H2,1-6H3,(H,63,72)(H,64,71)/t42?,43?,44-,47-,48+,49?,50?,52-,59?,60-,61?/m0/s1. The number of phenolic OH excluding ortho intramolecular Hbond substituents is 1. The number of rotatable bonds is 16. The van der Waals surface area contributed by atoms with Gasteiger partial charge in [0.2, 0.25) is 0 Å². The van der Waals surface area contributed by atoms with Gasteiger partial charge >= 0.3 is 35.5 Å². The maximum Gasteiger partial charge on any atom is 0.349 e. The van der Waals surface area contributed by atoms with Crippen LogP contribution in [0.3, 0.4) is 0 Å². The predicted octanol–water partition coefficient (Wildman–Crippen LogP) is 5.45. The molecular formula is C61H61FN2O19. The summed E-state index contributed by atoms with van der Waals surface area (Å²) in [5.41, 5.74) is -9.95. The van der Waals surface area contributed by atoms with Crippen molar-refractivity contribution in [1.29, 1.82) is 0 Å². The summed E-state index contributed by atoms with van der Waals surface area (Å²) in [6, 6.07) is 25.1. The van der Waals surface area contributed by atoms with Crippen LogP contribution < -0.4 is 16.3 Å². The predicted molar refractivity (Wildman–Crippen MR) is 287 cm³/mol. The lowest BCUT2D eigenvalue weighted by Crippen LogP contribution is -2.82. The summed E-state index contributed by atoms with van der Waals surface area (Å²) in [6.45, 7) is 7.27. The minimum Gasteiger partial charge on any atom is -0.505 e. The number of aliphatic hydroxyl groups excluding tert-OH is 1. The van der Waals surface area contributed by atoms with E-state index in [0.29, 0.717) is 5.56 Å². The van der Waals surface area contributed by atoms with Crippen LogP contribution in [-0.2, 0) is 52.4 Å². The highest BCUT2D eigenvalue weighted by atomic mass is 19.1. The molecule has 3 aliphatic carbocycles. The van der Waals surface area contributed by atoms with Gasteiger partial charge in [0, 0.05) is 62.1 Å². The Morgan fingerprint density at radius 2 is 1.45 bits per heavy atom. The molecule has 22 heteroatoms. The molecule has 1 aromatic heterocycles. The lowest BCUT2D eigenvalue weighted by atomic mass is 9.44. The van der Waals surface area contributed by atoms with E-state index in [-0.39, 0.29) is 52.6 Å². The molecule has 6 unspecified atom stereocenters. The van der Waals surface area contributed by atoms with Gasteiger partial charge in [-0.1, -0.05) is 80.6 Å². The second-order valence-corrected chi connectivity index (χ2v) is 22.0. The number of esters is 5. The second-order valence-electron chi connectivity index (χ2n) is 22.0. The largest absolute Gasteiger partial charge is 0.505 e. The third-order valence-corrected chi connectivity index (χ3v) is 16.6. The van der Waals surface area contributed by atoms with Crippen LogP contribution in [0.1, 0.15) is 110 Å². The molecular weight excluding hydrogens is 1080 g/mol. The number of nitrogens with one attached hydrogen (secondary N) is 2. The molecule has 436 valence electrons. The van der Waals surface area contributed by atoms with Crippen LogP contribution in [0.25, 0.3) is 11.0 Å². The third-order valence-electron chi connectivity index (χ3n) is 16.6. The van der Waals surface area contributed by atoms with E-state index >= 15 is 4.79 Å². The molecule has 2 heterocycles. The lowest BCUT2D eigenvalue weighted by Gasteiger charge is -2.67. The molecule has 11 atom stereocenters. The zero-order valence-electron chi connectivity index (χ0n) is 46.0. The number of aliphatic hydroxyl groups is 2. The SMILES string of the molecule is CC(=O)OC1C(=O)C2(C)C(OC(=O)CCCNC(=O)c3cc4cc(F)c(O)cc4oc3=O)C[C@@H]3OC[C@@]3(OC(C)=O)C2[C@H](OC(=O)c2ccccc2)C2(O)CC(OC(=O)[C@H](O)[C@@H](NC(=O)c3ccccc3)c3ccccc3)C(C)=C1C2(C)C. The molecule has 21 nitrogen and oxygen atoms in total. The molecule has 2 amide bonds. The molecule has 9 rings (SSSR count). The van der Waals surface area contributed by atoms with Crippen LogP contribution in [-0.4, -0.2) is 124 Å². The van der Waals surface area contributed by atoms with Crippen molar-refractivity contribution in [3.63, 3.8) is 0 Å². The van der Waals surface area contributed by atoms with Gasteiger partial charge in [0.1, 0.15) is 41.2 Å². The van der Waals surface area contributed by atoms with Crippen molar-refractivity contribution < 1.29 is 90.9 Å². The van der Waals surface area contributed by atoms with E-state index in [1.54, 1.807) is 66.7 Å². The molecule has 2 saturated carbocycles. The fourth-order valence-electron chi connectivity index (χ4n) is 12.4. The fourth-order valence-corrected chi connectivity index (χ4v) is 12.4. The Kier molecular flexibility index (Phi) is 16.3. The number of aromatic hydroxyl groups is 1. The van der Waals surface area contributed by atoms with Gasteiger partial charge in [0.15, 0.2) is 35.2 Å². The Hall–Kier alpha value is -8.60. The number of ketones is 1. The number of hydrogen-bond donors (Lipinski definition) is 5. The van der Waals surface area contributed by atoms with Gasteiger partial charge in [-0.3, -0.25) is 28.8 Å². The number of ether oxygens (including phenoxy) is 6. The number of Topliss-reactive ketones (excluding diaryl/α,β-unsaturated/α-hetero) is 1. The molecule has 0 radical (unpaired) electrons. The molecule has 4 aliphatic rings. The number of phenols is 1. The van der Waals surface area contributed by atoms with Crippen LogP contribution >= 0.6 is 0 Å². The summed E-state index contributed by atoms with van der Waals surface area (Å²) >= 11 is 0. The highest BCUT2D eigenvalue weighted by Crippen LogP contribution is 2.65. The number of hydrogen-bond acceptors (Lipinski definition) is 19. The summed E-state index contributed by atoms with van der Waals surface area (Å²) in [6.07, 6.45) is -12.2. The van der Waals surface area contributed by atoms with Crippen molar-refractivity contribution in [3.05, 3.63) is 159 Å². The number of benzene rings is 4. The molecule has 3 fully saturated rings. The van der Waals surface area contributed by atoms with Crippen LogP contribution in [0.15, 0.2) is 130 Å². The minimum absolute atomic E-state index is 0.00192. The zero-order valence-corrected chi connectivity index (χ0v) is 46.0. The van der Waals surface area contributed by atoms with Gasteiger partial charge in [-0.25, -0.2) is 18.8 Å². The molecule has 5 aromatic rings. The van der Waals surface area contributed by atoms with Gasteiger partial charge in [-0.05, 0) is 73.4 Å². The normalized spacial score (nSPS) is 26.6. The Morgan fingerprint density at radius 1 is 0.807 bits per heavy atom. The van der Waals surface area contributed by atoms with Gasteiger partial charge in [-0.2, -0.15) is 0 Å². The van der Waals surface area contributed by atoms with E-state index in [1.165, 1.54) is 52.0 Å². The first kappa shape index (κ1) is 59.0. The highest BCUT2D eigenvalue weighted by Gasteiger charge is 2.79. The molecule has 0 spiro atoms. The summed E-state index contributed by atoms with van der Waals surface area (Å²) in [4.78, 5) is 126. The van der Waals surface area contributed by atoms with E-state index in [2.05, 4.69) is 10.6 Å². The second kappa shape index (κ2) is 23.0.